The Kier molecular flexibility index (Phi) is 3.73. The molecule has 0 bridgehead atoms. The van der Waals surface area contributed by atoms with Crippen LogP contribution in [0.15, 0.2) is 60.3 Å². The molecule has 0 heterocycles. The van der Waals surface area contributed by atoms with E-state index in [2.05, 4.69) is 66.9 Å². The Morgan fingerprint density at radius 2 is 1.44 bits per heavy atom. The molecule has 0 amide bonds. The largest absolute Gasteiger partial charge is 0.101 e. The molecule has 16 heavy (non-hydrogen) atoms. The maximum absolute atomic E-state index is 2.32. The predicted molar refractivity (Wildman–Crippen MR) is 75.3 cm³/mol. The quantitative estimate of drug-likeness (QED) is 0.700. The third-order valence-electron chi connectivity index (χ3n) is 2.56. The van der Waals surface area contributed by atoms with Gasteiger partial charge in [-0.15, -0.1) is 5.70 Å². The van der Waals surface area contributed by atoms with Crippen molar-refractivity contribution in [3.63, 3.8) is 0 Å². The molecule has 0 aliphatic carbocycles. The van der Waals surface area contributed by atoms with Crippen LogP contribution in [0.2, 0.25) is 6.55 Å². The summed E-state index contributed by atoms with van der Waals surface area (Å²) in [5, 5.41) is 0. The van der Waals surface area contributed by atoms with Crippen molar-refractivity contribution < 1.29 is 0 Å². The summed E-state index contributed by atoms with van der Waals surface area (Å²) in [6.45, 7) is 2.29. The molecule has 2 rings (SSSR count). The van der Waals surface area contributed by atoms with Crippen molar-refractivity contribution in [2.45, 2.75) is 6.55 Å². The molecule has 0 aromatic heterocycles. The van der Waals surface area contributed by atoms with Crippen LogP contribution >= 0.6 is 0 Å². The standard InChI is InChI=1S/C15H16Si/c1-16-12-11-13-7-9-15(10-8-13)14-5-3-2-4-6-14/h2-12H,16H2,1H3. The lowest BCUT2D eigenvalue weighted by Gasteiger charge is -2.01. The summed E-state index contributed by atoms with van der Waals surface area (Å²) in [5.74, 6) is 0. The first-order valence-electron chi connectivity index (χ1n) is 5.72. The van der Waals surface area contributed by atoms with E-state index in [4.69, 9.17) is 0 Å². The highest BCUT2D eigenvalue weighted by Gasteiger charge is 1.94. The third kappa shape index (κ3) is 2.71. The van der Waals surface area contributed by atoms with Crippen LogP contribution in [0.1, 0.15) is 5.56 Å². The number of rotatable bonds is 3. The molecule has 80 valence electrons. The van der Waals surface area contributed by atoms with Gasteiger partial charge in [0.1, 0.15) is 0 Å². The second kappa shape index (κ2) is 5.47. The molecule has 0 nitrogen and oxygen atoms in total. The van der Waals surface area contributed by atoms with Crippen LogP contribution < -0.4 is 0 Å². The highest BCUT2D eigenvalue weighted by Crippen LogP contribution is 2.19. The Balaban J connectivity index is 2.23. The minimum absolute atomic E-state index is 0.0292. The zero-order valence-electron chi connectivity index (χ0n) is 9.56. The second-order valence-corrected chi connectivity index (χ2v) is 5.09. The molecule has 0 N–H and O–H groups in total. The Hall–Kier alpha value is -1.60. The molecular formula is C15H16Si. The van der Waals surface area contributed by atoms with E-state index < -0.39 is 0 Å². The molecule has 0 spiro atoms. The van der Waals surface area contributed by atoms with Crippen molar-refractivity contribution in [3.05, 3.63) is 65.9 Å². The normalized spacial score (nSPS) is 11.6. The van der Waals surface area contributed by atoms with E-state index in [9.17, 15) is 0 Å². The maximum atomic E-state index is 2.32. The van der Waals surface area contributed by atoms with Crippen molar-refractivity contribution in [2.24, 2.45) is 0 Å². The number of benzene rings is 2. The van der Waals surface area contributed by atoms with Crippen LogP contribution in [0.5, 0.6) is 0 Å². The number of hydrogen-bond donors (Lipinski definition) is 0. The van der Waals surface area contributed by atoms with E-state index >= 15 is 0 Å². The molecule has 0 aliphatic rings. The number of hydrogen-bond acceptors (Lipinski definition) is 0. The van der Waals surface area contributed by atoms with Gasteiger partial charge in [-0.05, 0) is 16.7 Å². The van der Waals surface area contributed by atoms with Crippen molar-refractivity contribution in [2.75, 3.05) is 0 Å². The van der Waals surface area contributed by atoms with Gasteiger partial charge in [-0.2, -0.15) is 0 Å². The summed E-state index contributed by atoms with van der Waals surface area (Å²) in [6, 6.07) is 19.2. The molecule has 0 aliphatic heterocycles. The summed E-state index contributed by atoms with van der Waals surface area (Å²) in [6.07, 6.45) is 2.22. The van der Waals surface area contributed by atoms with Crippen LogP contribution in [0.4, 0.5) is 0 Å². The molecule has 1 heteroatoms. The van der Waals surface area contributed by atoms with E-state index in [-0.39, 0.29) is 9.52 Å². The van der Waals surface area contributed by atoms with E-state index in [0.29, 0.717) is 0 Å². The van der Waals surface area contributed by atoms with E-state index in [1.807, 2.05) is 6.07 Å². The molecule has 0 radical (unpaired) electrons. The van der Waals surface area contributed by atoms with Crippen molar-refractivity contribution in [1.82, 2.24) is 0 Å². The van der Waals surface area contributed by atoms with Gasteiger partial charge in [-0.25, -0.2) is 0 Å². The average Bonchev–Trinajstić information content (AvgIpc) is 2.38. The summed E-state index contributed by atoms with van der Waals surface area (Å²) < 4.78 is 0. The van der Waals surface area contributed by atoms with Crippen molar-refractivity contribution in [1.29, 1.82) is 0 Å². The zero-order valence-corrected chi connectivity index (χ0v) is 11.0. The van der Waals surface area contributed by atoms with Gasteiger partial charge in [0.15, 0.2) is 0 Å². The van der Waals surface area contributed by atoms with Gasteiger partial charge in [0, 0.05) is 9.52 Å². The van der Waals surface area contributed by atoms with Crippen LogP contribution in [0.3, 0.4) is 0 Å². The lowest BCUT2D eigenvalue weighted by atomic mass is 10.0. The topological polar surface area (TPSA) is 0 Å². The average molecular weight is 224 g/mol. The fourth-order valence-electron chi connectivity index (χ4n) is 1.67. The Labute approximate surface area is 99.5 Å². The summed E-state index contributed by atoms with van der Waals surface area (Å²) >= 11 is 0. The van der Waals surface area contributed by atoms with Gasteiger partial charge in [0.2, 0.25) is 0 Å². The second-order valence-electron chi connectivity index (χ2n) is 3.80. The molecule has 0 unspecified atom stereocenters. The molecule has 2 aromatic carbocycles. The predicted octanol–water partition coefficient (Wildman–Crippen LogP) is 3.54. The Morgan fingerprint density at radius 3 is 2.06 bits per heavy atom. The van der Waals surface area contributed by atoms with Crippen LogP contribution in [-0.2, 0) is 0 Å². The molecule has 0 atom stereocenters. The van der Waals surface area contributed by atoms with Crippen molar-refractivity contribution in [3.8, 4) is 11.1 Å². The molecular weight excluding hydrogens is 208 g/mol. The van der Waals surface area contributed by atoms with Gasteiger partial charge in [0.25, 0.3) is 0 Å². The fraction of sp³-hybridized carbons (Fsp3) is 0.0667. The minimum atomic E-state index is 0.0292. The van der Waals surface area contributed by atoms with Crippen LogP contribution in [0.25, 0.3) is 17.2 Å². The molecule has 2 aromatic rings. The highest BCUT2D eigenvalue weighted by molar-refractivity contribution is 6.41. The van der Waals surface area contributed by atoms with Gasteiger partial charge in [0.05, 0.1) is 0 Å². The van der Waals surface area contributed by atoms with Crippen LogP contribution in [-0.4, -0.2) is 9.52 Å². The molecule has 0 saturated carbocycles. The minimum Gasteiger partial charge on any atom is -0.101 e. The molecule has 0 fully saturated rings. The van der Waals surface area contributed by atoms with E-state index in [1.165, 1.54) is 16.7 Å². The van der Waals surface area contributed by atoms with E-state index in [1.54, 1.807) is 0 Å². The van der Waals surface area contributed by atoms with Gasteiger partial charge >= 0.3 is 0 Å². The summed E-state index contributed by atoms with van der Waals surface area (Å²) in [5.41, 5.74) is 6.18. The lowest BCUT2D eigenvalue weighted by Crippen LogP contribution is -1.78. The molecule has 0 saturated heterocycles. The van der Waals surface area contributed by atoms with Gasteiger partial charge in [-0.3, -0.25) is 0 Å². The SMILES string of the molecule is C[SiH2]C=Cc1ccc(-c2ccccc2)cc1. The van der Waals surface area contributed by atoms with E-state index in [0.717, 1.165) is 0 Å². The van der Waals surface area contributed by atoms with Gasteiger partial charge in [-0.1, -0.05) is 67.2 Å². The van der Waals surface area contributed by atoms with Crippen LogP contribution in [0, 0.1) is 0 Å². The summed E-state index contributed by atoms with van der Waals surface area (Å²) in [4.78, 5) is 0. The third-order valence-corrected chi connectivity index (χ3v) is 3.27. The maximum Gasteiger partial charge on any atom is 0.0423 e. The smallest absolute Gasteiger partial charge is 0.0423 e. The lowest BCUT2D eigenvalue weighted by molar-refractivity contribution is 1.60. The van der Waals surface area contributed by atoms with Crippen molar-refractivity contribution >= 4 is 15.6 Å². The fourth-order valence-corrected chi connectivity index (χ4v) is 2.18. The zero-order chi connectivity index (χ0) is 11.2. The first kappa shape index (κ1) is 10.9. The highest BCUT2D eigenvalue weighted by atomic mass is 28.2. The monoisotopic (exact) mass is 224 g/mol. The Morgan fingerprint density at radius 1 is 0.812 bits per heavy atom. The first-order valence-corrected chi connectivity index (χ1v) is 7.95. The van der Waals surface area contributed by atoms with Gasteiger partial charge < -0.3 is 0 Å². The summed E-state index contributed by atoms with van der Waals surface area (Å²) in [7, 11) is 0.0292. The first-order chi connectivity index (χ1) is 7.90. The Bertz CT molecular complexity index is 455.